The van der Waals surface area contributed by atoms with E-state index in [0.29, 0.717) is 5.39 Å². The average Bonchev–Trinajstić information content (AvgIpc) is 2.60. The lowest BCUT2D eigenvalue weighted by Crippen LogP contribution is -2.28. The molecule has 0 saturated heterocycles. The molecule has 0 atom stereocenters. The lowest BCUT2D eigenvalue weighted by molar-refractivity contribution is 0.148. The van der Waals surface area contributed by atoms with E-state index in [1.165, 1.54) is 24.1 Å². The topological polar surface area (TPSA) is 55.3 Å². The van der Waals surface area contributed by atoms with Gasteiger partial charge in [0.2, 0.25) is 5.28 Å². The molecule has 0 bridgehead atoms. The van der Waals surface area contributed by atoms with E-state index < -0.39 is 11.9 Å². The first kappa shape index (κ1) is 16.1. The number of halogens is 2. The van der Waals surface area contributed by atoms with Crippen molar-refractivity contribution in [3.05, 3.63) is 65.2 Å². The summed E-state index contributed by atoms with van der Waals surface area (Å²) in [5.41, 5.74) is 0.908. The minimum atomic E-state index is -0.626. The predicted molar refractivity (Wildman–Crippen MR) is 89.5 cm³/mol. The fourth-order valence-electron chi connectivity index (χ4n) is 2.23. The molecule has 1 amide bonds. The number of carbonyl (C=O) groups is 1. The minimum absolute atomic E-state index is 0.0511. The van der Waals surface area contributed by atoms with Gasteiger partial charge in [0.05, 0.1) is 0 Å². The highest BCUT2D eigenvalue weighted by Gasteiger charge is 2.19. The van der Waals surface area contributed by atoms with E-state index in [9.17, 15) is 9.18 Å². The van der Waals surface area contributed by atoms with Crippen molar-refractivity contribution in [1.82, 2.24) is 9.97 Å². The zero-order valence-corrected chi connectivity index (χ0v) is 13.5. The van der Waals surface area contributed by atoms with Crippen LogP contribution in [0.25, 0.3) is 10.9 Å². The molecule has 0 N–H and O–H groups in total. The van der Waals surface area contributed by atoms with Gasteiger partial charge < -0.3 is 4.74 Å². The van der Waals surface area contributed by atoms with Crippen LogP contribution in [0.4, 0.5) is 15.0 Å². The maximum Gasteiger partial charge on any atom is 0.415 e. The third-order valence-electron chi connectivity index (χ3n) is 3.43. The number of hydrogen-bond donors (Lipinski definition) is 0. The summed E-state index contributed by atoms with van der Waals surface area (Å²) in [6, 6.07) is 13.7. The quantitative estimate of drug-likeness (QED) is 0.668. The van der Waals surface area contributed by atoms with Crippen LogP contribution in [0.15, 0.2) is 48.5 Å². The molecule has 2 aromatic carbocycles. The molecule has 3 aromatic rings. The smallest absolute Gasteiger partial charge is 0.415 e. The van der Waals surface area contributed by atoms with Crippen molar-refractivity contribution in [3.8, 4) is 0 Å². The van der Waals surface area contributed by atoms with Gasteiger partial charge in [-0.15, -0.1) is 0 Å². The van der Waals surface area contributed by atoms with Crippen LogP contribution in [-0.2, 0) is 11.3 Å². The highest BCUT2D eigenvalue weighted by molar-refractivity contribution is 6.29. The summed E-state index contributed by atoms with van der Waals surface area (Å²) >= 11 is 5.85. The molecule has 5 nitrogen and oxygen atoms in total. The second kappa shape index (κ2) is 6.80. The molecule has 0 fully saturated rings. The zero-order chi connectivity index (χ0) is 17.1. The Morgan fingerprint density at radius 1 is 1.17 bits per heavy atom. The molecule has 1 aromatic heterocycles. The molecular formula is C17H13ClFN3O2. The number of nitrogens with zero attached hydrogens (tertiary/aromatic N) is 3. The van der Waals surface area contributed by atoms with Crippen LogP contribution >= 0.6 is 11.6 Å². The second-order valence-corrected chi connectivity index (χ2v) is 5.39. The van der Waals surface area contributed by atoms with E-state index in [4.69, 9.17) is 16.3 Å². The van der Waals surface area contributed by atoms with Crippen LogP contribution in [0.3, 0.4) is 0 Å². The maximum atomic E-state index is 13.9. The first-order valence-electron chi connectivity index (χ1n) is 7.12. The number of amides is 1. The number of benzene rings is 2. The largest absolute Gasteiger partial charge is 0.444 e. The lowest BCUT2D eigenvalue weighted by Gasteiger charge is -2.18. The second-order valence-electron chi connectivity index (χ2n) is 5.05. The van der Waals surface area contributed by atoms with Crippen molar-refractivity contribution in [1.29, 1.82) is 0 Å². The monoisotopic (exact) mass is 345 g/mol. The molecule has 3 rings (SSSR count). The Hall–Kier alpha value is -2.73. The van der Waals surface area contributed by atoms with Gasteiger partial charge in [0.1, 0.15) is 17.9 Å². The summed E-state index contributed by atoms with van der Waals surface area (Å²) in [6.45, 7) is 0.120. The first-order valence-corrected chi connectivity index (χ1v) is 7.50. The minimum Gasteiger partial charge on any atom is -0.444 e. The van der Waals surface area contributed by atoms with Crippen LogP contribution in [-0.4, -0.2) is 23.1 Å². The highest BCUT2D eigenvalue weighted by atomic mass is 35.5. The van der Waals surface area contributed by atoms with Crippen LogP contribution in [0.1, 0.15) is 5.56 Å². The molecule has 0 aliphatic rings. The van der Waals surface area contributed by atoms with Gasteiger partial charge in [-0.05, 0) is 29.3 Å². The van der Waals surface area contributed by atoms with Gasteiger partial charge in [-0.1, -0.05) is 36.4 Å². The Bertz CT molecular complexity index is 890. The number of carbonyl (C=O) groups excluding carboxylic acids is 1. The number of para-hydroxylation sites is 1. The molecule has 7 heteroatoms. The van der Waals surface area contributed by atoms with Crippen molar-refractivity contribution in [2.75, 3.05) is 11.9 Å². The predicted octanol–water partition coefficient (Wildman–Crippen LogP) is 4.20. The number of fused-ring (bicyclic) bond motifs is 1. The Kier molecular flexibility index (Phi) is 4.57. The average molecular weight is 346 g/mol. The van der Waals surface area contributed by atoms with E-state index in [1.54, 1.807) is 6.07 Å². The van der Waals surface area contributed by atoms with Crippen molar-refractivity contribution in [3.63, 3.8) is 0 Å². The highest BCUT2D eigenvalue weighted by Crippen LogP contribution is 2.26. The Balaban J connectivity index is 1.86. The standard InChI is InChI=1S/C17H13ClFN3O2/c1-22(17(23)24-10-11-6-3-2-4-7-11)15-12-8-5-9-13(19)14(12)20-16(18)21-15/h2-9H,10H2,1H3. The SMILES string of the molecule is CN(C(=O)OCc1ccccc1)c1nc(Cl)nc2c(F)cccc12. The van der Waals surface area contributed by atoms with Crippen molar-refractivity contribution in [2.24, 2.45) is 0 Å². The Labute approximate surface area is 142 Å². The van der Waals surface area contributed by atoms with Gasteiger partial charge >= 0.3 is 6.09 Å². The number of ether oxygens (including phenoxy) is 1. The molecule has 0 radical (unpaired) electrons. The summed E-state index contributed by atoms with van der Waals surface area (Å²) < 4.78 is 19.1. The number of hydrogen-bond acceptors (Lipinski definition) is 4. The van der Waals surface area contributed by atoms with E-state index >= 15 is 0 Å². The van der Waals surface area contributed by atoms with Crippen LogP contribution in [0, 0.1) is 5.82 Å². The fraction of sp³-hybridized carbons (Fsp3) is 0.118. The molecule has 0 aliphatic carbocycles. The van der Waals surface area contributed by atoms with Crippen LogP contribution < -0.4 is 4.90 Å². The molecule has 0 aliphatic heterocycles. The molecule has 122 valence electrons. The maximum absolute atomic E-state index is 13.9. The zero-order valence-electron chi connectivity index (χ0n) is 12.7. The fourth-order valence-corrected chi connectivity index (χ4v) is 2.40. The number of rotatable bonds is 3. The van der Waals surface area contributed by atoms with Crippen LogP contribution in [0.2, 0.25) is 5.28 Å². The third kappa shape index (κ3) is 3.28. The van der Waals surface area contributed by atoms with Gasteiger partial charge in [0, 0.05) is 12.4 Å². The van der Waals surface area contributed by atoms with Gasteiger partial charge in [-0.25, -0.2) is 14.2 Å². The molecule has 1 heterocycles. The Morgan fingerprint density at radius 2 is 1.92 bits per heavy atom. The summed E-state index contributed by atoms with van der Waals surface area (Å²) in [5, 5.41) is 0.226. The molecule has 0 unspecified atom stereocenters. The van der Waals surface area contributed by atoms with E-state index in [0.717, 1.165) is 5.56 Å². The number of aromatic nitrogens is 2. The van der Waals surface area contributed by atoms with E-state index in [-0.39, 0.29) is 23.2 Å². The van der Waals surface area contributed by atoms with Gasteiger partial charge in [0.15, 0.2) is 5.82 Å². The Morgan fingerprint density at radius 3 is 2.67 bits per heavy atom. The van der Waals surface area contributed by atoms with E-state index in [1.807, 2.05) is 30.3 Å². The van der Waals surface area contributed by atoms with Crippen molar-refractivity contribution in [2.45, 2.75) is 6.61 Å². The summed E-state index contributed by atoms with van der Waals surface area (Å²) in [7, 11) is 1.48. The van der Waals surface area contributed by atoms with Crippen LogP contribution in [0.5, 0.6) is 0 Å². The summed E-state index contributed by atoms with van der Waals surface area (Å²) in [4.78, 5) is 21.3. The van der Waals surface area contributed by atoms with Crippen molar-refractivity contribution < 1.29 is 13.9 Å². The number of anilines is 1. The molecule has 24 heavy (non-hydrogen) atoms. The van der Waals surface area contributed by atoms with Gasteiger partial charge in [0.25, 0.3) is 0 Å². The van der Waals surface area contributed by atoms with Gasteiger partial charge in [-0.2, -0.15) is 4.98 Å². The first-order chi connectivity index (χ1) is 11.6. The van der Waals surface area contributed by atoms with Gasteiger partial charge in [-0.3, -0.25) is 4.90 Å². The van der Waals surface area contributed by atoms with E-state index in [2.05, 4.69) is 9.97 Å². The molecule has 0 spiro atoms. The summed E-state index contributed by atoms with van der Waals surface area (Å²) in [5.74, 6) is -0.355. The molecular weight excluding hydrogens is 333 g/mol. The normalized spacial score (nSPS) is 10.6. The molecule has 0 saturated carbocycles. The summed E-state index contributed by atoms with van der Waals surface area (Å²) in [6.07, 6.45) is -0.626. The lowest BCUT2D eigenvalue weighted by atomic mass is 10.2. The third-order valence-corrected chi connectivity index (χ3v) is 3.60. The van der Waals surface area contributed by atoms with Crippen molar-refractivity contribution >= 4 is 34.4 Å².